The number of ether oxygens (including phenoxy) is 1. The zero-order chi connectivity index (χ0) is 17.2. The number of unbranched alkanes of at least 4 members (excludes halogenated alkanes) is 1. The van der Waals surface area contributed by atoms with E-state index >= 15 is 0 Å². The second-order valence-corrected chi connectivity index (χ2v) is 6.07. The lowest BCUT2D eigenvalue weighted by atomic mass is 9.99. The summed E-state index contributed by atoms with van der Waals surface area (Å²) < 4.78 is 5.94. The van der Waals surface area contributed by atoms with Crippen molar-refractivity contribution in [1.29, 1.82) is 0 Å². The fraction of sp³-hybridized carbons (Fsp3) is 0.350. The summed E-state index contributed by atoms with van der Waals surface area (Å²) in [6.07, 6.45) is 3.45. The lowest BCUT2D eigenvalue weighted by molar-refractivity contribution is -0.137. The minimum absolute atomic E-state index is 0.192. The van der Waals surface area contributed by atoms with Crippen molar-refractivity contribution in [3.05, 3.63) is 54.1 Å². The highest BCUT2D eigenvalue weighted by Crippen LogP contribution is 2.31. The van der Waals surface area contributed by atoms with Gasteiger partial charge >= 0.3 is 5.97 Å². The molecular weight excluding hydrogens is 324 g/mol. The first-order chi connectivity index (χ1) is 11.7. The van der Waals surface area contributed by atoms with Crippen LogP contribution in [0.1, 0.15) is 31.2 Å². The van der Waals surface area contributed by atoms with Crippen LogP contribution in [0.4, 0.5) is 0 Å². The summed E-state index contributed by atoms with van der Waals surface area (Å²) in [7, 11) is 0. The van der Waals surface area contributed by atoms with Gasteiger partial charge in [-0.25, -0.2) is 0 Å². The number of carbonyl (C=O) groups is 1. The van der Waals surface area contributed by atoms with Gasteiger partial charge < -0.3 is 9.84 Å². The lowest BCUT2D eigenvalue weighted by Crippen LogP contribution is -2.00. The molecule has 0 aliphatic rings. The summed E-state index contributed by atoms with van der Waals surface area (Å²) in [6.45, 7) is 0.644. The van der Waals surface area contributed by atoms with Gasteiger partial charge in [-0.15, -0.1) is 11.6 Å². The molecular formula is C20H23ClO3. The van der Waals surface area contributed by atoms with Crippen LogP contribution >= 0.6 is 11.6 Å². The van der Waals surface area contributed by atoms with Crippen LogP contribution in [0.2, 0.25) is 0 Å². The molecule has 1 N–H and O–H groups in total. The summed E-state index contributed by atoms with van der Waals surface area (Å²) in [5.41, 5.74) is 3.28. The molecule has 0 atom stereocenters. The molecule has 0 aliphatic carbocycles. The van der Waals surface area contributed by atoms with Gasteiger partial charge in [0.25, 0.3) is 0 Å². The van der Waals surface area contributed by atoms with E-state index in [0.717, 1.165) is 41.7 Å². The Bertz CT molecular complexity index is 641. The van der Waals surface area contributed by atoms with E-state index in [4.69, 9.17) is 21.4 Å². The number of benzene rings is 2. The molecule has 0 bridgehead atoms. The number of aliphatic carboxylic acids is 1. The number of aryl methyl sites for hydroxylation is 1. The van der Waals surface area contributed by atoms with E-state index in [0.29, 0.717) is 18.9 Å². The van der Waals surface area contributed by atoms with Crippen LogP contribution in [0.25, 0.3) is 11.1 Å². The standard InChI is InChI=1S/C20H23ClO3/c21-13-4-5-14-24-19-12-11-16(7-6-10-20(22)23)15-18(19)17-8-2-1-3-9-17/h1-3,8-9,11-12,15H,4-7,10,13-14H2,(H,22,23). The summed E-state index contributed by atoms with van der Waals surface area (Å²) in [6, 6.07) is 16.2. The van der Waals surface area contributed by atoms with Crippen LogP contribution in [0, 0.1) is 0 Å². The van der Waals surface area contributed by atoms with Crippen molar-refractivity contribution in [3.8, 4) is 16.9 Å². The van der Waals surface area contributed by atoms with E-state index < -0.39 is 5.97 Å². The highest BCUT2D eigenvalue weighted by atomic mass is 35.5. The average molecular weight is 347 g/mol. The second-order valence-electron chi connectivity index (χ2n) is 5.69. The third-order valence-electron chi connectivity index (χ3n) is 3.77. The molecule has 128 valence electrons. The van der Waals surface area contributed by atoms with Gasteiger partial charge in [0.15, 0.2) is 0 Å². The fourth-order valence-electron chi connectivity index (χ4n) is 2.52. The summed E-state index contributed by atoms with van der Waals surface area (Å²) >= 11 is 5.70. The van der Waals surface area contributed by atoms with Crippen molar-refractivity contribution in [2.75, 3.05) is 12.5 Å². The molecule has 0 fully saturated rings. The molecule has 2 rings (SSSR count). The third kappa shape index (κ3) is 5.89. The maximum absolute atomic E-state index is 10.7. The van der Waals surface area contributed by atoms with Gasteiger partial charge in [0.05, 0.1) is 6.61 Å². The Morgan fingerprint density at radius 1 is 1.04 bits per heavy atom. The van der Waals surface area contributed by atoms with Crippen molar-refractivity contribution in [2.45, 2.75) is 32.1 Å². The Morgan fingerprint density at radius 2 is 1.83 bits per heavy atom. The van der Waals surface area contributed by atoms with E-state index in [1.165, 1.54) is 0 Å². The molecule has 0 saturated heterocycles. The number of alkyl halides is 1. The number of halogens is 1. The summed E-state index contributed by atoms with van der Waals surface area (Å²) in [5.74, 6) is 0.757. The Labute approximate surface area is 148 Å². The first kappa shape index (κ1) is 18.3. The Kier molecular flexibility index (Phi) is 7.63. The highest BCUT2D eigenvalue weighted by Gasteiger charge is 2.08. The van der Waals surface area contributed by atoms with E-state index in [-0.39, 0.29) is 6.42 Å². The highest BCUT2D eigenvalue weighted by molar-refractivity contribution is 6.17. The van der Waals surface area contributed by atoms with Crippen LogP contribution in [0.15, 0.2) is 48.5 Å². The van der Waals surface area contributed by atoms with Crippen molar-refractivity contribution in [1.82, 2.24) is 0 Å². The van der Waals surface area contributed by atoms with E-state index in [1.807, 2.05) is 30.3 Å². The molecule has 3 nitrogen and oxygen atoms in total. The van der Waals surface area contributed by atoms with Gasteiger partial charge in [0.1, 0.15) is 5.75 Å². The van der Waals surface area contributed by atoms with Crippen molar-refractivity contribution in [2.24, 2.45) is 0 Å². The quantitative estimate of drug-likeness (QED) is 0.477. The fourth-order valence-corrected chi connectivity index (χ4v) is 2.71. The van der Waals surface area contributed by atoms with Gasteiger partial charge in [-0.05, 0) is 48.9 Å². The van der Waals surface area contributed by atoms with Gasteiger partial charge in [-0.1, -0.05) is 36.4 Å². The summed E-state index contributed by atoms with van der Waals surface area (Å²) in [5, 5.41) is 8.78. The van der Waals surface area contributed by atoms with Crippen LogP contribution in [-0.2, 0) is 11.2 Å². The molecule has 0 unspecified atom stereocenters. The van der Waals surface area contributed by atoms with Gasteiger partial charge in [0, 0.05) is 17.9 Å². The molecule has 24 heavy (non-hydrogen) atoms. The van der Waals surface area contributed by atoms with E-state index in [2.05, 4.69) is 18.2 Å². The predicted molar refractivity (Wildman–Crippen MR) is 97.9 cm³/mol. The van der Waals surface area contributed by atoms with Gasteiger partial charge in [0.2, 0.25) is 0 Å². The zero-order valence-corrected chi connectivity index (χ0v) is 14.5. The minimum Gasteiger partial charge on any atom is -0.493 e. The maximum Gasteiger partial charge on any atom is 0.303 e. The molecule has 0 spiro atoms. The molecule has 2 aromatic rings. The summed E-state index contributed by atoms with van der Waals surface area (Å²) in [4.78, 5) is 10.7. The van der Waals surface area contributed by atoms with E-state index in [1.54, 1.807) is 0 Å². The largest absolute Gasteiger partial charge is 0.493 e. The predicted octanol–water partition coefficient (Wildman–Crippen LogP) is 5.16. The molecule has 4 heteroatoms. The van der Waals surface area contributed by atoms with Crippen LogP contribution in [-0.4, -0.2) is 23.6 Å². The molecule has 0 amide bonds. The molecule has 0 radical (unpaired) electrons. The van der Waals surface area contributed by atoms with Crippen molar-refractivity contribution in [3.63, 3.8) is 0 Å². The number of hydrogen-bond acceptors (Lipinski definition) is 2. The Morgan fingerprint density at radius 3 is 2.54 bits per heavy atom. The monoisotopic (exact) mass is 346 g/mol. The Hall–Kier alpha value is -2.00. The van der Waals surface area contributed by atoms with Crippen molar-refractivity contribution < 1.29 is 14.6 Å². The topological polar surface area (TPSA) is 46.5 Å². The van der Waals surface area contributed by atoms with Crippen LogP contribution in [0.3, 0.4) is 0 Å². The third-order valence-corrected chi connectivity index (χ3v) is 4.04. The molecule has 0 aliphatic heterocycles. The minimum atomic E-state index is -0.752. The number of hydrogen-bond donors (Lipinski definition) is 1. The zero-order valence-electron chi connectivity index (χ0n) is 13.7. The molecule has 0 aromatic heterocycles. The number of rotatable bonds is 10. The normalized spacial score (nSPS) is 10.5. The van der Waals surface area contributed by atoms with Gasteiger partial charge in [-0.2, -0.15) is 0 Å². The second kappa shape index (κ2) is 9.99. The number of carboxylic acid groups (broad SMARTS) is 1. The first-order valence-corrected chi connectivity index (χ1v) is 8.83. The van der Waals surface area contributed by atoms with E-state index in [9.17, 15) is 4.79 Å². The Balaban J connectivity index is 2.15. The SMILES string of the molecule is O=C(O)CCCc1ccc(OCCCCCl)c(-c2ccccc2)c1. The molecule has 0 heterocycles. The molecule has 2 aromatic carbocycles. The van der Waals surface area contributed by atoms with Crippen molar-refractivity contribution >= 4 is 17.6 Å². The van der Waals surface area contributed by atoms with Crippen LogP contribution < -0.4 is 4.74 Å². The first-order valence-electron chi connectivity index (χ1n) is 8.29. The average Bonchev–Trinajstić information content (AvgIpc) is 2.60. The van der Waals surface area contributed by atoms with Crippen LogP contribution in [0.5, 0.6) is 5.75 Å². The molecule has 0 saturated carbocycles. The maximum atomic E-state index is 10.7. The number of carboxylic acids is 1. The smallest absolute Gasteiger partial charge is 0.303 e. The van der Waals surface area contributed by atoms with Gasteiger partial charge in [-0.3, -0.25) is 4.79 Å². The lowest BCUT2D eigenvalue weighted by Gasteiger charge is -2.13.